The van der Waals surface area contributed by atoms with Crippen molar-refractivity contribution < 1.29 is 17.9 Å². The number of aromatic nitrogens is 3. The highest BCUT2D eigenvalue weighted by atomic mass is 127. The Kier molecular flexibility index (Phi) is 9.49. The summed E-state index contributed by atoms with van der Waals surface area (Å²) in [5.41, 5.74) is -0.791. The van der Waals surface area contributed by atoms with Crippen LogP contribution in [0.4, 0.5) is 13.2 Å². The van der Waals surface area contributed by atoms with Crippen LogP contribution in [0.5, 0.6) is 5.75 Å². The zero-order chi connectivity index (χ0) is 19.9. The van der Waals surface area contributed by atoms with Crippen LogP contribution in [0.25, 0.3) is 0 Å². The van der Waals surface area contributed by atoms with Crippen LogP contribution in [0, 0.1) is 0 Å². The van der Waals surface area contributed by atoms with Crippen molar-refractivity contribution in [3.63, 3.8) is 0 Å². The van der Waals surface area contributed by atoms with Gasteiger partial charge in [0.25, 0.3) is 0 Å². The molecule has 0 saturated heterocycles. The molecule has 0 radical (unpaired) electrons. The van der Waals surface area contributed by atoms with Crippen molar-refractivity contribution in [2.45, 2.75) is 19.6 Å². The molecular weight excluding hydrogens is 488 g/mol. The van der Waals surface area contributed by atoms with Gasteiger partial charge in [0.05, 0.1) is 18.7 Å². The Morgan fingerprint density at radius 1 is 1.32 bits per heavy atom. The molecule has 1 aromatic carbocycles. The molecule has 0 fully saturated rings. The molecule has 0 aliphatic carbocycles. The number of alkyl halides is 3. The van der Waals surface area contributed by atoms with E-state index in [1.807, 2.05) is 18.9 Å². The zero-order valence-corrected chi connectivity index (χ0v) is 18.2. The monoisotopic (exact) mass is 512 g/mol. The Labute approximate surface area is 179 Å². The summed E-state index contributed by atoms with van der Waals surface area (Å²) in [4.78, 5) is 10.4. The lowest BCUT2D eigenvalue weighted by molar-refractivity contribution is -0.138. The third-order valence-electron chi connectivity index (χ3n) is 3.68. The minimum absolute atomic E-state index is 0. The second-order valence-electron chi connectivity index (χ2n) is 5.73. The van der Waals surface area contributed by atoms with Gasteiger partial charge in [-0.1, -0.05) is 12.1 Å². The van der Waals surface area contributed by atoms with Crippen molar-refractivity contribution in [3.05, 3.63) is 42.0 Å². The number of hydrogen-bond donors (Lipinski definition) is 1. The smallest absolute Gasteiger partial charge is 0.419 e. The first-order valence-electron chi connectivity index (χ1n) is 8.44. The first-order valence-corrected chi connectivity index (χ1v) is 8.44. The maximum Gasteiger partial charge on any atom is 0.419 e. The topological polar surface area (TPSA) is 67.6 Å². The Balaban J connectivity index is 0.00000392. The van der Waals surface area contributed by atoms with Crippen molar-refractivity contribution in [2.75, 3.05) is 26.7 Å². The van der Waals surface area contributed by atoms with Gasteiger partial charge >= 0.3 is 6.18 Å². The molecule has 0 amide bonds. The van der Waals surface area contributed by atoms with Crippen molar-refractivity contribution in [1.29, 1.82) is 0 Å². The Morgan fingerprint density at radius 2 is 2.04 bits per heavy atom. The van der Waals surface area contributed by atoms with Gasteiger partial charge in [0.15, 0.2) is 5.96 Å². The van der Waals surface area contributed by atoms with E-state index < -0.39 is 11.7 Å². The molecule has 0 aliphatic heterocycles. The van der Waals surface area contributed by atoms with Gasteiger partial charge in [-0.25, -0.2) is 9.98 Å². The van der Waals surface area contributed by atoms with Crippen molar-refractivity contribution in [2.24, 2.45) is 12.0 Å². The van der Waals surface area contributed by atoms with Gasteiger partial charge < -0.3 is 15.0 Å². The maximum absolute atomic E-state index is 13.0. The molecule has 1 N–H and O–H groups in total. The van der Waals surface area contributed by atoms with Crippen LogP contribution in [-0.2, 0) is 19.8 Å². The van der Waals surface area contributed by atoms with Crippen LogP contribution in [0.2, 0.25) is 0 Å². The van der Waals surface area contributed by atoms with E-state index in [1.165, 1.54) is 24.5 Å². The van der Waals surface area contributed by atoms with E-state index in [9.17, 15) is 13.2 Å². The van der Waals surface area contributed by atoms with E-state index in [0.29, 0.717) is 19.0 Å². The molecule has 0 unspecified atom stereocenters. The normalized spacial score (nSPS) is 11.7. The fourth-order valence-corrected chi connectivity index (χ4v) is 2.35. The van der Waals surface area contributed by atoms with Crippen LogP contribution in [0.1, 0.15) is 18.3 Å². The minimum Gasteiger partial charge on any atom is -0.491 e. The highest BCUT2D eigenvalue weighted by Crippen LogP contribution is 2.35. The average Bonchev–Trinajstić information content (AvgIpc) is 3.02. The first kappa shape index (κ1) is 24.0. The fraction of sp³-hybridized carbons (Fsp3) is 0.471. The number of aliphatic imine (C=N–C) groups is 1. The number of nitrogens with one attached hydrogen (secondary N) is 1. The van der Waals surface area contributed by atoms with Crippen molar-refractivity contribution >= 4 is 29.9 Å². The Hall–Kier alpha value is -2.05. The SMILES string of the molecule is CCNC(=NCCOc1ccccc1C(F)(F)F)N(C)Cc1ncnn1C.I. The molecule has 0 spiro atoms. The zero-order valence-electron chi connectivity index (χ0n) is 15.9. The van der Waals surface area contributed by atoms with E-state index in [0.717, 1.165) is 11.9 Å². The number of halogens is 4. The van der Waals surface area contributed by atoms with Gasteiger partial charge in [0, 0.05) is 20.6 Å². The lowest BCUT2D eigenvalue weighted by Gasteiger charge is -2.21. The standard InChI is InChI=1S/C17H23F3N6O.HI/c1-4-21-16(25(2)11-15-23-12-24-26(15)3)22-9-10-27-14-8-6-5-7-13(14)17(18,19)20;/h5-8,12H,4,9-11H2,1-3H3,(H,21,22);1H. The summed E-state index contributed by atoms with van der Waals surface area (Å²) in [6, 6.07) is 5.14. The molecule has 0 atom stereocenters. The molecule has 1 aromatic heterocycles. The van der Waals surface area contributed by atoms with E-state index >= 15 is 0 Å². The lowest BCUT2D eigenvalue weighted by Crippen LogP contribution is -2.39. The summed E-state index contributed by atoms with van der Waals surface area (Å²) in [6.07, 6.45) is -2.98. The van der Waals surface area contributed by atoms with E-state index in [1.54, 1.807) is 11.7 Å². The highest BCUT2D eigenvalue weighted by Gasteiger charge is 2.33. The molecule has 2 aromatic rings. The van der Waals surface area contributed by atoms with Crippen LogP contribution in [-0.4, -0.2) is 52.4 Å². The number of para-hydroxylation sites is 1. The van der Waals surface area contributed by atoms with Gasteiger partial charge in [0.2, 0.25) is 0 Å². The quantitative estimate of drug-likeness (QED) is 0.268. The molecule has 7 nitrogen and oxygen atoms in total. The number of hydrogen-bond acceptors (Lipinski definition) is 4. The third-order valence-corrected chi connectivity index (χ3v) is 3.68. The molecule has 11 heteroatoms. The second-order valence-corrected chi connectivity index (χ2v) is 5.73. The van der Waals surface area contributed by atoms with Gasteiger partial charge in [-0.05, 0) is 19.1 Å². The van der Waals surface area contributed by atoms with Gasteiger partial charge in [-0.15, -0.1) is 24.0 Å². The summed E-state index contributed by atoms with van der Waals surface area (Å²) < 4.78 is 45.9. The number of guanidine groups is 1. The van der Waals surface area contributed by atoms with Crippen LogP contribution >= 0.6 is 24.0 Å². The largest absolute Gasteiger partial charge is 0.491 e. The predicted octanol–water partition coefficient (Wildman–Crippen LogP) is 2.93. The summed E-state index contributed by atoms with van der Waals surface area (Å²) in [5, 5.41) is 7.15. The first-order chi connectivity index (χ1) is 12.8. The third kappa shape index (κ3) is 6.84. The summed E-state index contributed by atoms with van der Waals surface area (Å²) in [6.45, 7) is 3.30. The van der Waals surface area contributed by atoms with Crippen LogP contribution < -0.4 is 10.1 Å². The van der Waals surface area contributed by atoms with Crippen molar-refractivity contribution in [3.8, 4) is 5.75 Å². The predicted molar refractivity (Wildman–Crippen MR) is 111 cm³/mol. The van der Waals surface area contributed by atoms with E-state index in [2.05, 4.69) is 20.4 Å². The fourth-order valence-electron chi connectivity index (χ4n) is 2.35. The van der Waals surface area contributed by atoms with Crippen LogP contribution in [0.15, 0.2) is 35.6 Å². The van der Waals surface area contributed by atoms with Crippen LogP contribution in [0.3, 0.4) is 0 Å². The number of benzene rings is 1. The summed E-state index contributed by atoms with van der Waals surface area (Å²) in [7, 11) is 3.64. The molecule has 0 saturated carbocycles. The lowest BCUT2D eigenvalue weighted by atomic mass is 10.2. The molecule has 0 aliphatic rings. The number of aryl methyl sites for hydroxylation is 1. The molecule has 156 valence electrons. The maximum atomic E-state index is 13.0. The Morgan fingerprint density at radius 3 is 2.64 bits per heavy atom. The molecule has 0 bridgehead atoms. The van der Waals surface area contributed by atoms with Gasteiger partial charge in [-0.3, -0.25) is 4.68 Å². The Bertz CT molecular complexity index is 765. The summed E-state index contributed by atoms with van der Waals surface area (Å²) >= 11 is 0. The minimum atomic E-state index is -4.45. The van der Waals surface area contributed by atoms with E-state index in [-0.39, 0.29) is 42.9 Å². The summed E-state index contributed by atoms with van der Waals surface area (Å²) in [5.74, 6) is 1.17. The number of nitrogens with zero attached hydrogens (tertiary/aromatic N) is 5. The number of ether oxygens (including phenoxy) is 1. The molecule has 28 heavy (non-hydrogen) atoms. The van der Waals surface area contributed by atoms with Gasteiger partial charge in [-0.2, -0.15) is 18.3 Å². The highest BCUT2D eigenvalue weighted by molar-refractivity contribution is 14.0. The average molecular weight is 512 g/mol. The number of rotatable bonds is 7. The van der Waals surface area contributed by atoms with E-state index in [4.69, 9.17) is 4.74 Å². The molecule has 1 heterocycles. The van der Waals surface area contributed by atoms with Crippen molar-refractivity contribution in [1.82, 2.24) is 25.0 Å². The molecule has 2 rings (SSSR count). The second kappa shape index (κ2) is 11.1. The van der Waals surface area contributed by atoms with Gasteiger partial charge in [0.1, 0.15) is 24.5 Å². The molecular formula is C17H24F3IN6O.